The van der Waals surface area contributed by atoms with Gasteiger partial charge in [-0.05, 0) is 31.2 Å². The van der Waals surface area contributed by atoms with E-state index in [0.717, 1.165) is 36.9 Å². The fourth-order valence-electron chi connectivity index (χ4n) is 3.50. The SMILES string of the molecule is O=C(C1CCc2cn[nH]c21)N1CCC(c2n[nH]c(=O)o2)CC1. The second-order valence-corrected chi connectivity index (χ2v) is 5.95. The monoisotopic (exact) mass is 303 g/mol. The summed E-state index contributed by atoms with van der Waals surface area (Å²) in [6.45, 7) is 1.33. The number of nitrogens with one attached hydrogen (secondary N) is 2. The number of H-pyrrole nitrogens is 2. The number of fused-ring (bicyclic) bond motifs is 1. The molecule has 1 fully saturated rings. The normalized spacial score (nSPS) is 22.0. The molecule has 116 valence electrons. The van der Waals surface area contributed by atoms with Crippen LogP contribution in [0.15, 0.2) is 15.4 Å². The zero-order valence-corrected chi connectivity index (χ0v) is 12.0. The van der Waals surface area contributed by atoms with E-state index in [2.05, 4.69) is 20.4 Å². The second-order valence-electron chi connectivity index (χ2n) is 5.95. The Labute approximate surface area is 125 Å². The van der Waals surface area contributed by atoms with Crippen molar-refractivity contribution in [2.24, 2.45) is 0 Å². The molecule has 2 N–H and O–H groups in total. The van der Waals surface area contributed by atoms with E-state index in [0.29, 0.717) is 19.0 Å². The highest BCUT2D eigenvalue weighted by molar-refractivity contribution is 5.84. The molecule has 1 unspecified atom stereocenters. The van der Waals surface area contributed by atoms with E-state index in [1.807, 2.05) is 11.1 Å². The number of likely N-dealkylation sites (tertiary alicyclic amines) is 1. The van der Waals surface area contributed by atoms with Crippen molar-refractivity contribution in [3.63, 3.8) is 0 Å². The summed E-state index contributed by atoms with van der Waals surface area (Å²) in [5.74, 6) is 0.122. The topological polar surface area (TPSA) is 108 Å². The number of aryl methyl sites for hydroxylation is 1. The van der Waals surface area contributed by atoms with Gasteiger partial charge in [-0.25, -0.2) is 9.89 Å². The minimum atomic E-state index is -0.522. The molecule has 0 bridgehead atoms. The molecule has 1 aliphatic heterocycles. The number of hydrogen-bond acceptors (Lipinski definition) is 5. The Bertz CT molecular complexity index is 737. The van der Waals surface area contributed by atoms with Gasteiger partial charge < -0.3 is 9.32 Å². The molecular weight excluding hydrogens is 286 g/mol. The average molecular weight is 303 g/mol. The average Bonchev–Trinajstić information content (AvgIpc) is 3.23. The van der Waals surface area contributed by atoms with Crippen molar-refractivity contribution < 1.29 is 9.21 Å². The first-order valence-electron chi connectivity index (χ1n) is 7.58. The highest BCUT2D eigenvalue weighted by Crippen LogP contribution is 2.34. The summed E-state index contributed by atoms with van der Waals surface area (Å²) in [7, 11) is 0. The van der Waals surface area contributed by atoms with E-state index in [1.165, 1.54) is 0 Å². The summed E-state index contributed by atoms with van der Waals surface area (Å²) in [6.07, 6.45) is 5.12. The van der Waals surface area contributed by atoms with Crippen LogP contribution in [-0.2, 0) is 11.2 Å². The van der Waals surface area contributed by atoms with Gasteiger partial charge in [-0.1, -0.05) is 0 Å². The smallest absolute Gasteiger partial charge is 0.392 e. The van der Waals surface area contributed by atoms with Crippen molar-refractivity contribution in [1.29, 1.82) is 0 Å². The second kappa shape index (κ2) is 5.11. The molecule has 2 aliphatic rings. The first kappa shape index (κ1) is 13.3. The number of aromatic nitrogens is 4. The molecule has 22 heavy (non-hydrogen) atoms. The molecule has 4 rings (SSSR count). The van der Waals surface area contributed by atoms with Crippen LogP contribution in [0.3, 0.4) is 0 Å². The van der Waals surface area contributed by atoms with Gasteiger partial charge in [0.05, 0.1) is 17.8 Å². The fourth-order valence-corrected chi connectivity index (χ4v) is 3.50. The third-order valence-corrected chi connectivity index (χ3v) is 4.71. The highest BCUT2D eigenvalue weighted by atomic mass is 16.4. The molecule has 1 aliphatic carbocycles. The predicted octanol–water partition coefficient (Wildman–Crippen LogP) is 0.522. The lowest BCUT2D eigenvalue weighted by atomic mass is 9.95. The predicted molar refractivity (Wildman–Crippen MR) is 75.3 cm³/mol. The van der Waals surface area contributed by atoms with Crippen molar-refractivity contribution in [3.8, 4) is 0 Å². The molecule has 0 radical (unpaired) electrons. The van der Waals surface area contributed by atoms with Crippen molar-refractivity contribution in [2.75, 3.05) is 13.1 Å². The lowest BCUT2D eigenvalue weighted by Crippen LogP contribution is -2.40. The Morgan fingerprint density at radius 2 is 2.09 bits per heavy atom. The van der Waals surface area contributed by atoms with E-state index >= 15 is 0 Å². The van der Waals surface area contributed by atoms with Crippen LogP contribution in [0.2, 0.25) is 0 Å². The van der Waals surface area contributed by atoms with E-state index < -0.39 is 5.76 Å². The molecule has 0 saturated carbocycles. The van der Waals surface area contributed by atoms with Crippen LogP contribution in [0.4, 0.5) is 0 Å². The van der Waals surface area contributed by atoms with Crippen LogP contribution in [-0.4, -0.2) is 44.3 Å². The van der Waals surface area contributed by atoms with Crippen molar-refractivity contribution in [2.45, 2.75) is 37.5 Å². The highest BCUT2D eigenvalue weighted by Gasteiger charge is 2.35. The lowest BCUT2D eigenvalue weighted by Gasteiger charge is -2.32. The van der Waals surface area contributed by atoms with Crippen LogP contribution in [0.1, 0.15) is 48.2 Å². The molecule has 8 heteroatoms. The van der Waals surface area contributed by atoms with Crippen LogP contribution < -0.4 is 5.76 Å². The van der Waals surface area contributed by atoms with E-state index in [9.17, 15) is 9.59 Å². The van der Waals surface area contributed by atoms with Gasteiger partial charge in [0.2, 0.25) is 11.8 Å². The van der Waals surface area contributed by atoms with Crippen LogP contribution >= 0.6 is 0 Å². The number of nitrogens with zero attached hydrogens (tertiary/aromatic N) is 3. The number of carbonyl (C=O) groups excluding carboxylic acids is 1. The van der Waals surface area contributed by atoms with Crippen molar-refractivity contribution in [1.82, 2.24) is 25.3 Å². The van der Waals surface area contributed by atoms with Gasteiger partial charge in [-0.15, -0.1) is 5.10 Å². The van der Waals surface area contributed by atoms with Gasteiger partial charge in [-0.3, -0.25) is 9.89 Å². The molecule has 2 aromatic heterocycles. The quantitative estimate of drug-likeness (QED) is 0.841. The van der Waals surface area contributed by atoms with Gasteiger partial charge in [-0.2, -0.15) is 5.10 Å². The number of piperidine rings is 1. The molecule has 2 aromatic rings. The maximum atomic E-state index is 12.7. The summed E-state index contributed by atoms with van der Waals surface area (Å²) in [4.78, 5) is 25.6. The lowest BCUT2D eigenvalue weighted by molar-refractivity contribution is -0.134. The molecule has 1 saturated heterocycles. The number of aromatic amines is 2. The van der Waals surface area contributed by atoms with Gasteiger partial charge in [0, 0.05) is 19.0 Å². The molecule has 1 atom stereocenters. The van der Waals surface area contributed by atoms with Gasteiger partial charge >= 0.3 is 5.76 Å². The molecule has 1 amide bonds. The van der Waals surface area contributed by atoms with E-state index in [-0.39, 0.29) is 17.7 Å². The minimum Gasteiger partial charge on any atom is -0.392 e. The van der Waals surface area contributed by atoms with Crippen molar-refractivity contribution >= 4 is 5.91 Å². The number of hydrogen-bond donors (Lipinski definition) is 2. The Morgan fingerprint density at radius 3 is 2.82 bits per heavy atom. The Hall–Kier alpha value is -2.38. The van der Waals surface area contributed by atoms with Crippen molar-refractivity contribution in [3.05, 3.63) is 33.9 Å². The zero-order chi connectivity index (χ0) is 15.1. The van der Waals surface area contributed by atoms with Gasteiger partial charge in [0.25, 0.3) is 0 Å². The van der Waals surface area contributed by atoms with E-state index in [1.54, 1.807) is 0 Å². The first-order chi connectivity index (χ1) is 10.7. The summed E-state index contributed by atoms with van der Waals surface area (Å²) >= 11 is 0. The third kappa shape index (κ3) is 2.15. The summed E-state index contributed by atoms with van der Waals surface area (Å²) in [5, 5.41) is 13.2. The minimum absolute atomic E-state index is 0.0858. The van der Waals surface area contributed by atoms with E-state index in [4.69, 9.17) is 4.42 Å². The Balaban J connectivity index is 1.42. The maximum absolute atomic E-state index is 12.7. The van der Waals surface area contributed by atoms with Crippen LogP contribution in [0.25, 0.3) is 0 Å². The maximum Gasteiger partial charge on any atom is 0.434 e. The molecule has 0 spiro atoms. The largest absolute Gasteiger partial charge is 0.434 e. The molecule has 3 heterocycles. The third-order valence-electron chi connectivity index (χ3n) is 4.71. The zero-order valence-electron chi connectivity index (χ0n) is 12.0. The van der Waals surface area contributed by atoms with Gasteiger partial charge in [0.1, 0.15) is 0 Å². The Morgan fingerprint density at radius 1 is 1.27 bits per heavy atom. The summed E-state index contributed by atoms with van der Waals surface area (Å²) in [5.41, 5.74) is 2.14. The molecular formula is C14H17N5O3. The standard InChI is InChI=1S/C14H17N5O3/c20-13(10-2-1-9-7-15-16-11(9)10)19-5-3-8(4-6-19)12-17-18-14(21)22-12/h7-8,10H,1-6H2,(H,15,16)(H,18,21). The van der Waals surface area contributed by atoms with Crippen LogP contribution in [0.5, 0.6) is 0 Å². The summed E-state index contributed by atoms with van der Waals surface area (Å²) < 4.78 is 5.02. The van der Waals surface area contributed by atoms with Crippen LogP contribution in [0, 0.1) is 0 Å². The first-order valence-corrected chi connectivity index (χ1v) is 7.58. The number of rotatable bonds is 2. The molecule has 8 nitrogen and oxygen atoms in total. The molecule has 0 aromatic carbocycles. The summed E-state index contributed by atoms with van der Waals surface area (Å²) in [6, 6.07) is 0. The Kier molecular flexibility index (Phi) is 3.09. The number of carbonyl (C=O) groups is 1. The fraction of sp³-hybridized carbons (Fsp3) is 0.571. The number of amides is 1. The van der Waals surface area contributed by atoms with Gasteiger partial charge in [0.15, 0.2) is 0 Å².